The van der Waals surface area contributed by atoms with Gasteiger partial charge in [0.2, 0.25) is 0 Å². The fraction of sp³-hybridized carbons (Fsp3) is 0.625. The van der Waals surface area contributed by atoms with E-state index in [1.807, 2.05) is 0 Å². The second-order valence-corrected chi connectivity index (χ2v) is 6.74. The lowest BCUT2D eigenvalue weighted by atomic mass is 9.89. The van der Waals surface area contributed by atoms with Crippen LogP contribution in [0, 0.1) is 0 Å². The molecule has 21 heavy (non-hydrogen) atoms. The summed E-state index contributed by atoms with van der Waals surface area (Å²) in [4.78, 5) is 2.41. The third kappa shape index (κ3) is 3.05. The molecule has 5 heteroatoms. The van der Waals surface area contributed by atoms with E-state index in [0.29, 0.717) is 25.8 Å². The predicted molar refractivity (Wildman–Crippen MR) is 86.9 cm³/mol. The molecule has 116 valence electrons. The molecule has 0 amide bonds. The molecular weight excluding hydrogens is 332 g/mol. The van der Waals surface area contributed by atoms with Gasteiger partial charge in [0.25, 0.3) is 0 Å². The maximum atomic E-state index is 6.05. The molecule has 3 rings (SSSR count). The van der Waals surface area contributed by atoms with Gasteiger partial charge in [-0.3, -0.25) is 4.90 Å². The third-order valence-electron chi connectivity index (χ3n) is 4.57. The first-order valence-corrected chi connectivity index (χ1v) is 8.51. The molecule has 0 radical (unpaired) electrons. The fourth-order valence-corrected chi connectivity index (χ4v) is 3.60. The molecular formula is C16H23BrN2O2. The van der Waals surface area contributed by atoms with Gasteiger partial charge in [-0.25, -0.2) is 0 Å². The van der Waals surface area contributed by atoms with E-state index in [-0.39, 0.29) is 6.04 Å². The molecule has 1 aliphatic carbocycles. The van der Waals surface area contributed by atoms with E-state index in [0.717, 1.165) is 22.4 Å². The molecule has 0 spiro atoms. The molecule has 1 aromatic rings. The van der Waals surface area contributed by atoms with E-state index < -0.39 is 0 Å². The molecule has 0 saturated heterocycles. The Kier molecular flexibility index (Phi) is 4.72. The maximum Gasteiger partial charge on any atom is 0.175 e. The van der Waals surface area contributed by atoms with Crippen LogP contribution in [-0.2, 0) is 0 Å². The van der Waals surface area contributed by atoms with Gasteiger partial charge in [-0.2, -0.15) is 0 Å². The van der Waals surface area contributed by atoms with Crippen molar-refractivity contribution in [3.05, 3.63) is 22.2 Å². The van der Waals surface area contributed by atoms with Crippen LogP contribution in [0.4, 0.5) is 0 Å². The number of ether oxygens (including phenoxy) is 2. The second-order valence-electron chi connectivity index (χ2n) is 5.88. The van der Waals surface area contributed by atoms with Crippen molar-refractivity contribution in [2.45, 2.75) is 37.8 Å². The van der Waals surface area contributed by atoms with Crippen LogP contribution in [0.15, 0.2) is 16.6 Å². The van der Waals surface area contributed by atoms with Crippen LogP contribution in [0.25, 0.3) is 0 Å². The van der Waals surface area contributed by atoms with Gasteiger partial charge in [-0.05, 0) is 53.5 Å². The summed E-state index contributed by atoms with van der Waals surface area (Å²) in [5, 5.41) is 0. The summed E-state index contributed by atoms with van der Waals surface area (Å²) in [6.07, 6.45) is 4.80. The first-order valence-electron chi connectivity index (χ1n) is 7.71. The van der Waals surface area contributed by atoms with Crippen molar-refractivity contribution >= 4 is 15.9 Å². The highest BCUT2D eigenvalue weighted by Crippen LogP contribution is 2.41. The number of halogens is 1. The van der Waals surface area contributed by atoms with Gasteiger partial charge >= 0.3 is 0 Å². The predicted octanol–water partition coefficient (Wildman–Crippen LogP) is 3.09. The quantitative estimate of drug-likeness (QED) is 0.902. The molecule has 2 N–H and O–H groups in total. The average molecular weight is 355 g/mol. The zero-order chi connectivity index (χ0) is 14.8. The fourth-order valence-electron chi connectivity index (χ4n) is 3.03. The van der Waals surface area contributed by atoms with E-state index in [1.165, 1.54) is 24.8 Å². The smallest absolute Gasteiger partial charge is 0.175 e. The minimum Gasteiger partial charge on any atom is -0.490 e. The highest BCUT2D eigenvalue weighted by Gasteiger charge is 2.29. The zero-order valence-corrected chi connectivity index (χ0v) is 14.1. The molecule has 4 nitrogen and oxygen atoms in total. The SMILES string of the molecule is CN(C1CCC1)C(CN)c1cc(Br)c2c(c1)OCCCO2. The van der Waals surface area contributed by atoms with Gasteiger partial charge in [-0.1, -0.05) is 6.42 Å². The Hall–Kier alpha value is -0.780. The summed E-state index contributed by atoms with van der Waals surface area (Å²) >= 11 is 3.62. The van der Waals surface area contributed by atoms with Crippen LogP contribution >= 0.6 is 15.9 Å². The van der Waals surface area contributed by atoms with Crippen molar-refractivity contribution in [2.75, 3.05) is 26.8 Å². The summed E-state index contributed by atoms with van der Waals surface area (Å²) in [5.41, 5.74) is 7.25. The molecule has 1 saturated carbocycles. The number of hydrogen-bond acceptors (Lipinski definition) is 4. The Labute approximate surface area is 134 Å². The monoisotopic (exact) mass is 354 g/mol. The third-order valence-corrected chi connectivity index (χ3v) is 5.16. The maximum absolute atomic E-state index is 6.05. The second kappa shape index (κ2) is 6.55. The molecule has 0 aromatic heterocycles. The Morgan fingerprint density at radius 3 is 2.71 bits per heavy atom. The minimum atomic E-state index is 0.226. The first kappa shape index (κ1) is 15.1. The number of hydrogen-bond donors (Lipinski definition) is 1. The number of fused-ring (bicyclic) bond motifs is 1. The summed E-state index contributed by atoms with van der Waals surface area (Å²) in [6.45, 7) is 2.01. The largest absolute Gasteiger partial charge is 0.490 e. The highest BCUT2D eigenvalue weighted by atomic mass is 79.9. The van der Waals surface area contributed by atoms with Gasteiger partial charge in [0.05, 0.1) is 17.7 Å². The normalized spacial score (nSPS) is 20.0. The molecule has 1 atom stereocenters. The van der Waals surface area contributed by atoms with E-state index in [1.54, 1.807) is 0 Å². The standard InChI is InChI=1S/C16H23BrN2O2/c1-19(12-4-2-5-12)14(10-18)11-8-13(17)16-15(9-11)20-6-3-7-21-16/h8-9,12,14H,2-7,10,18H2,1H3. The van der Waals surface area contributed by atoms with Gasteiger partial charge < -0.3 is 15.2 Å². The van der Waals surface area contributed by atoms with Gasteiger partial charge in [0.15, 0.2) is 11.5 Å². The van der Waals surface area contributed by atoms with Crippen LogP contribution in [0.5, 0.6) is 11.5 Å². The highest BCUT2D eigenvalue weighted by molar-refractivity contribution is 9.10. The number of nitrogens with two attached hydrogens (primary N) is 1. The van der Waals surface area contributed by atoms with Gasteiger partial charge in [-0.15, -0.1) is 0 Å². The number of nitrogens with zero attached hydrogens (tertiary/aromatic N) is 1. The molecule has 2 aliphatic rings. The van der Waals surface area contributed by atoms with E-state index in [4.69, 9.17) is 15.2 Å². The molecule has 1 heterocycles. The van der Waals surface area contributed by atoms with Crippen molar-refractivity contribution in [1.29, 1.82) is 0 Å². The molecule has 1 aromatic carbocycles. The van der Waals surface area contributed by atoms with Crippen molar-refractivity contribution in [2.24, 2.45) is 5.73 Å². The Balaban J connectivity index is 1.89. The lowest BCUT2D eigenvalue weighted by molar-refractivity contribution is 0.113. The van der Waals surface area contributed by atoms with E-state index >= 15 is 0 Å². The Morgan fingerprint density at radius 2 is 2.05 bits per heavy atom. The minimum absolute atomic E-state index is 0.226. The summed E-state index contributed by atoms with van der Waals surface area (Å²) in [5.74, 6) is 1.65. The number of rotatable bonds is 4. The lowest BCUT2D eigenvalue weighted by Crippen LogP contribution is -2.42. The molecule has 0 bridgehead atoms. The molecule has 1 aliphatic heterocycles. The number of benzene rings is 1. The topological polar surface area (TPSA) is 47.7 Å². The first-order chi connectivity index (χ1) is 10.2. The van der Waals surface area contributed by atoms with E-state index in [2.05, 4.69) is 40.0 Å². The number of likely N-dealkylation sites (N-methyl/N-ethyl adjacent to an activating group) is 1. The Morgan fingerprint density at radius 1 is 1.29 bits per heavy atom. The van der Waals surface area contributed by atoms with Crippen LogP contribution in [0.2, 0.25) is 0 Å². The summed E-state index contributed by atoms with van der Waals surface area (Å²) in [7, 11) is 2.18. The van der Waals surface area contributed by atoms with E-state index in [9.17, 15) is 0 Å². The van der Waals surface area contributed by atoms with Crippen molar-refractivity contribution in [3.63, 3.8) is 0 Å². The van der Waals surface area contributed by atoms with Crippen molar-refractivity contribution in [3.8, 4) is 11.5 Å². The molecule has 1 unspecified atom stereocenters. The van der Waals surface area contributed by atoms with Crippen LogP contribution in [-0.4, -0.2) is 37.7 Å². The lowest BCUT2D eigenvalue weighted by Gasteiger charge is -2.40. The van der Waals surface area contributed by atoms with Crippen molar-refractivity contribution < 1.29 is 9.47 Å². The average Bonchev–Trinajstić information content (AvgIpc) is 2.63. The Bertz CT molecular complexity index is 505. The van der Waals surface area contributed by atoms with Crippen molar-refractivity contribution in [1.82, 2.24) is 4.90 Å². The van der Waals surface area contributed by atoms with Crippen LogP contribution in [0.1, 0.15) is 37.3 Å². The zero-order valence-electron chi connectivity index (χ0n) is 12.5. The van der Waals surface area contributed by atoms with Crippen LogP contribution in [0.3, 0.4) is 0 Å². The van der Waals surface area contributed by atoms with Gasteiger partial charge in [0, 0.05) is 25.0 Å². The van der Waals surface area contributed by atoms with Crippen LogP contribution < -0.4 is 15.2 Å². The summed E-state index contributed by atoms with van der Waals surface area (Å²) in [6, 6.07) is 5.11. The summed E-state index contributed by atoms with van der Waals surface area (Å²) < 4.78 is 12.6. The van der Waals surface area contributed by atoms with Gasteiger partial charge in [0.1, 0.15) is 0 Å². The molecule has 1 fully saturated rings.